The van der Waals surface area contributed by atoms with Gasteiger partial charge in [0.05, 0.1) is 26.4 Å². The lowest BCUT2D eigenvalue weighted by Gasteiger charge is -2.44. The van der Waals surface area contributed by atoms with Gasteiger partial charge in [-0.15, -0.1) is 0 Å². The van der Waals surface area contributed by atoms with Crippen LogP contribution >= 0.6 is 0 Å². The van der Waals surface area contributed by atoms with Gasteiger partial charge in [-0.2, -0.15) is 0 Å². The molecule has 0 radical (unpaired) electrons. The first-order valence-electron chi connectivity index (χ1n) is 12.1. The fourth-order valence-corrected chi connectivity index (χ4v) is 4.13. The fourth-order valence-electron chi connectivity index (χ4n) is 4.13. The highest BCUT2D eigenvalue weighted by atomic mass is 16.7. The van der Waals surface area contributed by atoms with Gasteiger partial charge >= 0.3 is 0 Å². The lowest BCUT2D eigenvalue weighted by molar-refractivity contribution is -0.316. The van der Waals surface area contributed by atoms with E-state index in [1.807, 2.05) is 97.9 Å². The quantitative estimate of drug-likeness (QED) is 0.414. The van der Waals surface area contributed by atoms with Crippen molar-refractivity contribution in [2.45, 2.75) is 57.5 Å². The van der Waals surface area contributed by atoms with Crippen molar-refractivity contribution in [3.63, 3.8) is 0 Å². The summed E-state index contributed by atoms with van der Waals surface area (Å²) in [5.41, 5.74) is 3.07. The molecule has 0 aromatic heterocycles. The fraction of sp³-hybridized carbons (Fsp3) is 0.379. The molecule has 1 aliphatic heterocycles. The number of ether oxygens (including phenoxy) is 5. The first kappa shape index (κ1) is 25.5. The van der Waals surface area contributed by atoms with Crippen LogP contribution in [0.2, 0.25) is 0 Å². The van der Waals surface area contributed by atoms with Gasteiger partial charge in [-0.3, -0.25) is 0 Å². The number of hydrogen-bond donors (Lipinski definition) is 1. The lowest BCUT2D eigenvalue weighted by atomic mass is 9.98. The molecular weight excluding hydrogens is 444 g/mol. The third-order valence-corrected chi connectivity index (χ3v) is 5.95. The molecule has 0 saturated carbocycles. The standard InChI is InChI=1S/C29H34O6/c1-2-31-21-25-26(32-18-22-12-6-3-7-13-22)27(33-19-23-14-8-4-9-15-23)28(29(30)35-25)34-20-24-16-10-5-11-17-24/h3-17,25-30H,2,18-21H2,1H3/t25-,26+,27+,28-,29+/m1/s1. The van der Waals surface area contributed by atoms with E-state index < -0.39 is 30.7 Å². The van der Waals surface area contributed by atoms with E-state index in [-0.39, 0.29) is 6.61 Å². The minimum absolute atomic E-state index is 0.281. The highest BCUT2D eigenvalue weighted by Gasteiger charge is 2.48. The van der Waals surface area contributed by atoms with Gasteiger partial charge in [0.2, 0.25) is 0 Å². The number of rotatable bonds is 12. The lowest BCUT2D eigenvalue weighted by Crippen LogP contribution is -2.61. The normalized spacial score (nSPS) is 24.3. The molecule has 35 heavy (non-hydrogen) atoms. The molecule has 0 aliphatic carbocycles. The molecule has 6 heteroatoms. The second-order valence-electron chi connectivity index (χ2n) is 8.51. The average Bonchev–Trinajstić information content (AvgIpc) is 2.91. The van der Waals surface area contributed by atoms with E-state index >= 15 is 0 Å². The van der Waals surface area contributed by atoms with Crippen molar-refractivity contribution >= 4 is 0 Å². The summed E-state index contributed by atoms with van der Waals surface area (Å²) in [7, 11) is 0. The van der Waals surface area contributed by atoms with Crippen LogP contribution in [0.15, 0.2) is 91.0 Å². The predicted octanol–water partition coefficient (Wildman–Crippen LogP) is 4.50. The first-order chi connectivity index (χ1) is 17.2. The summed E-state index contributed by atoms with van der Waals surface area (Å²) in [6.07, 6.45) is -3.50. The maximum absolute atomic E-state index is 10.9. The van der Waals surface area contributed by atoms with E-state index in [0.717, 1.165) is 16.7 Å². The zero-order valence-electron chi connectivity index (χ0n) is 20.1. The smallest absolute Gasteiger partial charge is 0.184 e. The van der Waals surface area contributed by atoms with Crippen LogP contribution in [0, 0.1) is 0 Å². The number of aliphatic hydroxyl groups excluding tert-OH is 1. The van der Waals surface area contributed by atoms with Crippen LogP contribution < -0.4 is 0 Å². The average molecular weight is 479 g/mol. The Kier molecular flexibility index (Phi) is 9.84. The van der Waals surface area contributed by atoms with Gasteiger partial charge in [-0.1, -0.05) is 91.0 Å². The Morgan fingerprint density at radius 3 is 1.51 bits per heavy atom. The number of benzene rings is 3. The van der Waals surface area contributed by atoms with E-state index in [1.165, 1.54) is 0 Å². The van der Waals surface area contributed by atoms with Crippen LogP contribution in [0.4, 0.5) is 0 Å². The zero-order valence-corrected chi connectivity index (χ0v) is 20.1. The molecule has 0 amide bonds. The Morgan fingerprint density at radius 1 is 0.629 bits per heavy atom. The molecule has 1 N–H and O–H groups in total. The molecule has 186 valence electrons. The van der Waals surface area contributed by atoms with Crippen molar-refractivity contribution < 1.29 is 28.8 Å². The van der Waals surface area contributed by atoms with Crippen molar-refractivity contribution in [2.24, 2.45) is 0 Å². The zero-order chi connectivity index (χ0) is 24.3. The molecule has 1 saturated heterocycles. The van der Waals surface area contributed by atoms with Crippen molar-refractivity contribution in [2.75, 3.05) is 13.2 Å². The molecule has 1 fully saturated rings. The maximum Gasteiger partial charge on any atom is 0.184 e. The Hall–Kier alpha value is -2.58. The van der Waals surface area contributed by atoms with Crippen LogP contribution in [0.5, 0.6) is 0 Å². The molecule has 0 bridgehead atoms. The van der Waals surface area contributed by atoms with Crippen LogP contribution in [-0.4, -0.2) is 49.0 Å². The van der Waals surface area contributed by atoms with Gasteiger partial charge in [0.15, 0.2) is 6.29 Å². The van der Waals surface area contributed by atoms with Gasteiger partial charge in [-0.05, 0) is 23.6 Å². The monoisotopic (exact) mass is 478 g/mol. The van der Waals surface area contributed by atoms with E-state index in [1.54, 1.807) is 0 Å². The maximum atomic E-state index is 10.9. The molecule has 3 aromatic rings. The summed E-state index contributed by atoms with van der Waals surface area (Å²) in [4.78, 5) is 0. The van der Waals surface area contributed by atoms with Crippen LogP contribution in [0.25, 0.3) is 0 Å². The minimum atomic E-state index is -1.18. The predicted molar refractivity (Wildman–Crippen MR) is 132 cm³/mol. The third kappa shape index (κ3) is 7.45. The Bertz CT molecular complexity index is 968. The summed E-state index contributed by atoms with van der Waals surface area (Å²) >= 11 is 0. The van der Waals surface area contributed by atoms with Crippen molar-refractivity contribution in [3.8, 4) is 0 Å². The summed E-state index contributed by atoms with van der Waals surface area (Å²) in [5.74, 6) is 0. The van der Waals surface area contributed by atoms with Crippen molar-refractivity contribution in [1.29, 1.82) is 0 Å². The van der Waals surface area contributed by atoms with Gasteiger partial charge in [0.1, 0.15) is 24.4 Å². The second-order valence-corrected chi connectivity index (χ2v) is 8.51. The Labute approximate surface area is 207 Å². The minimum Gasteiger partial charge on any atom is -0.379 e. The Balaban J connectivity index is 1.55. The molecular formula is C29H34O6. The second kappa shape index (κ2) is 13.5. The molecule has 6 nitrogen and oxygen atoms in total. The van der Waals surface area contributed by atoms with Gasteiger partial charge in [-0.25, -0.2) is 0 Å². The summed E-state index contributed by atoms with van der Waals surface area (Å²) in [5, 5.41) is 10.9. The molecule has 0 unspecified atom stereocenters. The van der Waals surface area contributed by atoms with Crippen molar-refractivity contribution in [3.05, 3.63) is 108 Å². The van der Waals surface area contributed by atoms with E-state index in [0.29, 0.717) is 26.4 Å². The van der Waals surface area contributed by atoms with Crippen LogP contribution in [0.1, 0.15) is 23.6 Å². The highest BCUT2D eigenvalue weighted by molar-refractivity contribution is 5.15. The van der Waals surface area contributed by atoms with Crippen molar-refractivity contribution in [1.82, 2.24) is 0 Å². The third-order valence-electron chi connectivity index (χ3n) is 5.95. The molecule has 1 aliphatic rings. The summed E-state index contributed by atoms with van der Waals surface area (Å²) in [6.45, 7) is 3.79. The number of aliphatic hydroxyl groups is 1. The van der Waals surface area contributed by atoms with E-state index in [4.69, 9.17) is 23.7 Å². The van der Waals surface area contributed by atoms with E-state index in [9.17, 15) is 5.11 Å². The first-order valence-corrected chi connectivity index (χ1v) is 12.1. The summed E-state index contributed by atoms with van der Waals surface area (Å²) in [6, 6.07) is 29.7. The summed E-state index contributed by atoms with van der Waals surface area (Å²) < 4.78 is 30.6. The SMILES string of the molecule is CCOC[C@H]1O[C@H](O)[C@H](OCc2ccccc2)[C@@H](OCc2ccccc2)[C@H]1OCc1ccccc1. The molecule has 5 atom stereocenters. The molecule has 3 aromatic carbocycles. The van der Waals surface area contributed by atoms with Gasteiger partial charge < -0.3 is 28.8 Å². The largest absolute Gasteiger partial charge is 0.379 e. The topological polar surface area (TPSA) is 66.4 Å². The molecule has 4 rings (SSSR count). The molecule has 0 spiro atoms. The van der Waals surface area contributed by atoms with Gasteiger partial charge in [0, 0.05) is 6.61 Å². The number of hydrogen-bond acceptors (Lipinski definition) is 6. The van der Waals surface area contributed by atoms with E-state index in [2.05, 4.69) is 0 Å². The van der Waals surface area contributed by atoms with Crippen LogP contribution in [-0.2, 0) is 43.5 Å². The molecule has 1 heterocycles. The van der Waals surface area contributed by atoms with Crippen LogP contribution in [0.3, 0.4) is 0 Å². The van der Waals surface area contributed by atoms with Gasteiger partial charge in [0.25, 0.3) is 0 Å². The highest BCUT2D eigenvalue weighted by Crippen LogP contribution is 2.30. The Morgan fingerprint density at radius 2 is 1.06 bits per heavy atom.